The highest BCUT2D eigenvalue weighted by Crippen LogP contribution is 2.32. The summed E-state index contributed by atoms with van der Waals surface area (Å²) in [5.74, 6) is 0.573. The van der Waals surface area contributed by atoms with Crippen molar-refractivity contribution in [3.05, 3.63) is 90.0 Å². The zero-order chi connectivity index (χ0) is 26.5. The molecule has 36 heavy (non-hydrogen) atoms. The minimum atomic E-state index is -0.197. The maximum absolute atomic E-state index is 13.3. The van der Waals surface area contributed by atoms with Gasteiger partial charge in [0.05, 0.1) is 6.20 Å². The number of aromatic amines is 1. The Hall–Kier alpha value is -3.18. The van der Waals surface area contributed by atoms with Gasteiger partial charge >= 0.3 is 0 Å². The SMILES string of the molecule is C=C(C)c1cc(C)c(-c2cn[nH]c2)cc1NCCc1cccc(F)c1.C=C(CN)C[C@@H](C)CCCC. The van der Waals surface area contributed by atoms with Gasteiger partial charge in [0.15, 0.2) is 0 Å². The van der Waals surface area contributed by atoms with Crippen LogP contribution in [0.2, 0.25) is 0 Å². The van der Waals surface area contributed by atoms with Crippen molar-refractivity contribution < 1.29 is 4.39 Å². The molecule has 0 aliphatic rings. The van der Waals surface area contributed by atoms with Crippen LogP contribution in [0.4, 0.5) is 10.1 Å². The average molecular weight is 491 g/mol. The molecule has 0 saturated heterocycles. The lowest BCUT2D eigenvalue weighted by molar-refractivity contribution is 0.500. The van der Waals surface area contributed by atoms with Gasteiger partial charge in [-0.25, -0.2) is 4.39 Å². The second-order valence-corrected chi connectivity index (χ2v) is 9.69. The van der Waals surface area contributed by atoms with Crippen molar-refractivity contribution in [1.82, 2.24) is 10.2 Å². The lowest BCUT2D eigenvalue weighted by atomic mass is 9.96. The fourth-order valence-electron chi connectivity index (χ4n) is 4.18. The third-order valence-corrected chi connectivity index (χ3v) is 6.23. The number of nitrogens with one attached hydrogen (secondary N) is 2. The maximum atomic E-state index is 13.3. The van der Waals surface area contributed by atoms with Crippen LogP contribution in [0.15, 0.2) is 67.5 Å². The van der Waals surface area contributed by atoms with E-state index in [2.05, 4.69) is 61.6 Å². The smallest absolute Gasteiger partial charge is 0.123 e. The number of hydrogen-bond donors (Lipinski definition) is 3. The van der Waals surface area contributed by atoms with E-state index >= 15 is 0 Å². The molecule has 0 spiro atoms. The van der Waals surface area contributed by atoms with E-state index in [4.69, 9.17) is 5.73 Å². The molecule has 1 aromatic heterocycles. The number of rotatable bonds is 12. The monoisotopic (exact) mass is 490 g/mol. The maximum Gasteiger partial charge on any atom is 0.123 e. The highest BCUT2D eigenvalue weighted by Gasteiger charge is 2.10. The molecule has 4 N–H and O–H groups in total. The number of unbranched alkanes of at least 4 members (excludes halogenated alkanes) is 1. The molecule has 1 atom stereocenters. The van der Waals surface area contributed by atoms with Crippen LogP contribution < -0.4 is 11.1 Å². The van der Waals surface area contributed by atoms with E-state index in [1.54, 1.807) is 12.1 Å². The number of H-pyrrole nitrogens is 1. The molecule has 0 bridgehead atoms. The van der Waals surface area contributed by atoms with Crippen molar-refractivity contribution in [2.45, 2.75) is 59.8 Å². The van der Waals surface area contributed by atoms with E-state index in [1.807, 2.05) is 25.4 Å². The lowest BCUT2D eigenvalue weighted by Gasteiger charge is -2.16. The molecule has 0 amide bonds. The normalized spacial score (nSPS) is 11.4. The number of nitrogens with two attached hydrogens (primary N) is 1. The van der Waals surface area contributed by atoms with E-state index in [1.165, 1.54) is 36.5 Å². The Morgan fingerprint density at radius 3 is 2.61 bits per heavy atom. The summed E-state index contributed by atoms with van der Waals surface area (Å²) in [6, 6.07) is 11.0. The predicted octanol–water partition coefficient (Wildman–Crippen LogP) is 7.93. The van der Waals surface area contributed by atoms with Gasteiger partial charge in [-0.3, -0.25) is 5.10 Å². The summed E-state index contributed by atoms with van der Waals surface area (Å²) in [5, 5.41) is 10.4. The minimum absolute atomic E-state index is 0.197. The van der Waals surface area contributed by atoms with Crippen molar-refractivity contribution in [2.75, 3.05) is 18.4 Å². The quantitative estimate of drug-likeness (QED) is 0.226. The highest BCUT2D eigenvalue weighted by molar-refractivity contribution is 5.81. The molecule has 0 radical (unpaired) electrons. The molecule has 0 unspecified atom stereocenters. The summed E-state index contributed by atoms with van der Waals surface area (Å²) in [4.78, 5) is 0. The highest BCUT2D eigenvalue weighted by atomic mass is 19.1. The first-order valence-corrected chi connectivity index (χ1v) is 12.9. The summed E-state index contributed by atoms with van der Waals surface area (Å²) in [6.07, 6.45) is 9.51. The van der Waals surface area contributed by atoms with E-state index in [0.29, 0.717) is 6.54 Å². The fourth-order valence-corrected chi connectivity index (χ4v) is 4.18. The fraction of sp³-hybridized carbons (Fsp3) is 0.387. The van der Waals surface area contributed by atoms with Gasteiger partial charge in [-0.2, -0.15) is 5.10 Å². The average Bonchev–Trinajstić information content (AvgIpc) is 3.38. The zero-order valence-electron chi connectivity index (χ0n) is 22.5. The lowest BCUT2D eigenvalue weighted by Crippen LogP contribution is -2.07. The van der Waals surface area contributed by atoms with Crippen LogP contribution in [-0.2, 0) is 6.42 Å². The third kappa shape index (κ3) is 9.46. The number of anilines is 1. The molecule has 4 nitrogen and oxygen atoms in total. The van der Waals surface area contributed by atoms with E-state index in [0.717, 1.165) is 58.8 Å². The van der Waals surface area contributed by atoms with Gasteiger partial charge in [0.25, 0.3) is 0 Å². The second-order valence-electron chi connectivity index (χ2n) is 9.69. The number of aryl methyl sites for hydroxylation is 1. The Morgan fingerprint density at radius 1 is 1.22 bits per heavy atom. The molecule has 0 fully saturated rings. The third-order valence-electron chi connectivity index (χ3n) is 6.23. The Kier molecular flexibility index (Phi) is 12.1. The topological polar surface area (TPSA) is 66.7 Å². The molecular weight excluding hydrogens is 447 g/mol. The van der Waals surface area contributed by atoms with Crippen LogP contribution in [-0.4, -0.2) is 23.3 Å². The van der Waals surface area contributed by atoms with Crippen molar-refractivity contribution in [3.8, 4) is 11.1 Å². The Labute approximate surface area is 216 Å². The van der Waals surface area contributed by atoms with E-state index in [9.17, 15) is 4.39 Å². The van der Waals surface area contributed by atoms with Crippen LogP contribution in [0.3, 0.4) is 0 Å². The predicted molar refractivity (Wildman–Crippen MR) is 154 cm³/mol. The zero-order valence-corrected chi connectivity index (χ0v) is 22.5. The molecule has 0 saturated carbocycles. The first-order valence-electron chi connectivity index (χ1n) is 12.9. The standard InChI is InChI=1S/C21H22FN3.C10H21N/c1-14(2)19-9-15(3)20(17-12-24-25-13-17)11-21(19)23-8-7-16-5-4-6-18(22)10-16;1-4-5-6-9(2)7-10(3)8-11/h4-6,9-13,23H,1,7-8H2,2-3H3,(H,24,25);9H,3-8,11H2,1-2H3/t;9-/m.0/s1. The molecule has 2 aromatic carbocycles. The van der Waals surface area contributed by atoms with Crippen molar-refractivity contribution in [1.29, 1.82) is 0 Å². The molecule has 3 rings (SSSR count). The van der Waals surface area contributed by atoms with Crippen LogP contribution in [0.1, 0.15) is 63.1 Å². The van der Waals surface area contributed by atoms with Gasteiger partial charge in [0.2, 0.25) is 0 Å². The number of benzene rings is 2. The van der Waals surface area contributed by atoms with E-state index < -0.39 is 0 Å². The van der Waals surface area contributed by atoms with Gasteiger partial charge < -0.3 is 11.1 Å². The van der Waals surface area contributed by atoms with Crippen LogP contribution in [0, 0.1) is 18.7 Å². The molecule has 194 valence electrons. The second kappa shape index (κ2) is 15.0. The largest absolute Gasteiger partial charge is 0.384 e. The van der Waals surface area contributed by atoms with Crippen molar-refractivity contribution >= 4 is 11.3 Å². The number of hydrogen-bond acceptors (Lipinski definition) is 3. The Balaban J connectivity index is 0.000000352. The molecule has 5 heteroatoms. The molecule has 1 heterocycles. The molecule has 0 aliphatic carbocycles. The Morgan fingerprint density at radius 2 is 2.00 bits per heavy atom. The van der Waals surface area contributed by atoms with Crippen LogP contribution in [0.5, 0.6) is 0 Å². The number of nitrogens with zero attached hydrogens (tertiary/aromatic N) is 1. The first-order chi connectivity index (χ1) is 17.2. The van der Waals surface area contributed by atoms with Gasteiger partial charge in [0, 0.05) is 36.1 Å². The molecular formula is C31H43FN4. The molecule has 3 aromatic rings. The number of aromatic nitrogens is 2. The minimum Gasteiger partial charge on any atom is -0.384 e. The van der Waals surface area contributed by atoms with Crippen LogP contribution >= 0.6 is 0 Å². The van der Waals surface area contributed by atoms with Gasteiger partial charge in [-0.1, -0.05) is 64.0 Å². The number of halogens is 1. The Bertz CT molecular complexity index is 1100. The summed E-state index contributed by atoms with van der Waals surface area (Å²) in [5.41, 5.74) is 14.1. The first kappa shape index (κ1) is 29.1. The van der Waals surface area contributed by atoms with Crippen molar-refractivity contribution in [2.24, 2.45) is 11.7 Å². The molecule has 0 aliphatic heterocycles. The van der Waals surface area contributed by atoms with Gasteiger partial charge in [-0.15, -0.1) is 0 Å². The summed E-state index contributed by atoms with van der Waals surface area (Å²) >= 11 is 0. The summed E-state index contributed by atoms with van der Waals surface area (Å²) in [6.45, 7) is 17.9. The van der Waals surface area contributed by atoms with Gasteiger partial charge in [-0.05, 0) is 79.1 Å². The number of allylic oxidation sites excluding steroid dienone is 1. The van der Waals surface area contributed by atoms with E-state index in [-0.39, 0.29) is 5.82 Å². The summed E-state index contributed by atoms with van der Waals surface area (Å²) in [7, 11) is 0. The van der Waals surface area contributed by atoms with Crippen LogP contribution in [0.25, 0.3) is 16.7 Å². The van der Waals surface area contributed by atoms with Crippen molar-refractivity contribution in [3.63, 3.8) is 0 Å². The van der Waals surface area contributed by atoms with Gasteiger partial charge in [0.1, 0.15) is 5.82 Å². The summed E-state index contributed by atoms with van der Waals surface area (Å²) < 4.78 is 13.3.